The number of halogens is 3. The molecular weight excluding hydrogens is 312 g/mol. The van der Waals surface area contributed by atoms with Crippen LogP contribution in [0.25, 0.3) is 0 Å². The third-order valence-electron chi connectivity index (χ3n) is 3.23. The van der Waals surface area contributed by atoms with Crippen molar-refractivity contribution in [3.8, 4) is 0 Å². The van der Waals surface area contributed by atoms with Gasteiger partial charge in [0.1, 0.15) is 5.82 Å². The lowest BCUT2D eigenvalue weighted by Crippen LogP contribution is -2.26. The van der Waals surface area contributed by atoms with Gasteiger partial charge in [0, 0.05) is 16.6 Å². The van der Waals surface area contributed by atoms with E-state index in [1.54, 1.807) is 16.9 Å². The maximum atomic E-state index is 14.2. The van der Waals surface area contributed by atoms with E-state index >= 15 is 0 Å². The first-order chi connectivity index (χ1) is 9.95. The highest BCUT2D eigenvalue weighted by Crippen LogP contribution is 2.32. The van der Waals surface area contributed by atoms with Crippen LogP contribution in [0.1, 0.15) is 44.1 Å². The van der Waals surface area contributed by atoms with Gasteiger partial charge in [0.2, 0.25) is 0 Å². The van der Waals surface area contributed by atoms with Crippen molar-refractivity contribution >= 4 is 23.2 Å². The van der Waals surface area contributed by atoms with E-state index in [0.717, 1.165) is 5.69 Å². The lowest BCUT2D eigenvalue weighted by molar-refractivity contribution is 0.467. The summed E-state index contributed by atoms with van der Waals surface area (Å²) >= 11 is 12.3. The summed E-state index contributed by atoms with van der Waals surface area (Å²) in [4.78, 5) is 0. The fourth-order valence-electron chi connectivity index (χ4n) is 2.33. The standard InChI is InChI=1S/C15H18Cl2FN3/c1-4-19-14(11-7-10(16)5-6-13(11)18)15-12(17)8-20-21(15)9(2)3/h5-9,14,19H,4H2,1-3H3. The van der Waals surface area contributed by atoms with E-state index in [2.05, 4.69) is 10.4 Å². The van der Waals surface area contributed by atoms with Gasteiger partial charge < -0.3 is 5.32 Å². The lowest BCUT2D eigenvalue weighted by atomic mass is 10.0. The Hall–Kier alpha value is -1.10. The summed E-state index contributed by atoms with van der Waals surface area (Å²) in [6.45, 7) is 6.63. The van der Waals surface area contributed by atoms with Crippen molar-refractivity contribution < 1.29 is 4.39 Å². The third kappa shape index (κ3) is 3.39. The molecule has 3 nitrogen and oxygen atoms in total. The predicted octanol–water partition coefficient (Wildman–Crippen LogP) is 4.61. The number of rotatable bonds is 5. The molecule has 21 heavy (non-hydrogen) atoms. The summed E-state index contributed by atoms with van der Waals surface area (Å²) in [5, 5.41) is 8.54. The molecule has 0 saturated carbocycles. The maximum absolute atomic E-state index is 14.2. The summed E-state index contributed by atoms with van der Waals surface area (Å²) in [7, 11) is 0. The van der Waals surface area contributed by atoms with Gasteiger partial charge in [-0.15, -0.1) is 0 Å². The van der Waals surface area contributed by atoms with Crippen molar-refractivity contribution in [3.05, 3.63) is 51.5 Å². The van der Waals surface area contributed by atoms with Crippen molar-refractivity contribution in [2.24, 2.45) is 0 Å². The molecule has 0 aliphatic heterocycles. The summed E-state index contributed by atoms with van der Waals surface area (Å²) in [6.07, 6.45) is 1.59. The van der Waals surface area contributed by atoms with E-state index in [1.807, 2.05) is 20.8 Å². The number of aromatic nitrogens is 2. The Morgan fingerprint density at radius 2 is 2.05 bits per heavy atom. The summed E-state index contributed by atoms with van der Waals surface area (Å²) in [5.74, 6) is -0.321. The van der Waals surface area contributed by atoms with Crippen molar-refractivity contribution in [1.29, 1.82) is 0 Å². The lowest BCUT2D eigenvalue weighted by Gasteiger charge is -2.22. The monoisotopic (exact) mass is 329 g/mol. The molecule has 0 bridgehead atoms. The van der Waals surface area contributed by atoms with Crippen LogP contribution in [-0.2, 0) is 0 Å². The Kier molecular flexibility index (Phi) is 5.25. The molecule has 6 heteroatoms. The van der Waals surface area contributed by atoms with Gasteiger partial charge in [-0.25, -0.2) is 4.39 Å². The molecule has 0 spiro atoms. The molecule has 1 aromatic carbocycles. The molecule has 1 atom stereocenters. The normalized spacial score (nSPS) is 12.9. The van der Waals surface area contributed by atoms with Crippen LogP contribution >= 0.6 is 23.2 Å². The molecule has 1 heterocycles. The largest absolute Gasteiger partial charge is 0.305 e. The second-order valence-electron chi connectivity index (χ2n) is 5.07. The molecule has 0 aliphatic rings. The van der Waals surface area contributed by atoms with Crippen molar-refractivity contribution in [1.82, 2.24) is 15.1 Å². The van der Waals surface area contributed by atoms with E-state index in [-0.39, 0.29) is 11.9 Å². The van der Waals surface area contributed by atoms with Crippen LogP contribution in [0.15, 0.2) is 24.4 Å². The molecule has 2 aromatic rings. The molecule has 1 aromatic heterocycles. The fourth-order valence-corrected chi connectivity index (χ4v) is 2.75. The molecule has 114 valence electrons. The molecule has 1 unspecified atom stereocenters. The highest BCUT2D eigenvalue weighted by molar-refractivity contribution is 6.31. The minimum atomic E-state index is -0.397. The molecule has 0 amide bonds. The Labute approximate surface area is 134 Å². The Morgan fingerprint density at radius 1 is 1.33 bits per heavy atom. The van der Waals surface area contributed by atoms with Gasteiger partial charge in [0.15, 0.2) is 0 Å². The average Bonchev–Trinajstić information content (AvgIpc) is 2.81. The van der Waals surface area contributed by atoms with E-state index in [1.165, 1.54) is 12.1 Å². The minimum absolute atomic E-state index is 0.121. The first-order valence-corrected chi connectivity index (χ1v) is 7.62. The van der Waals surface area contributed by atoms with E-state index < -0.39 is 6.04 Å². The molecule has 1 N–H and O–H groups in total. The number of hydrogen-bond acceptors (Lipinski definition) is 2. The van der Waals surface area contributed by atoms with Gasteiger partial charge in [0.25, 0.3) is 0 Å². The van der Waals surface area contributed by atoms with Gasteiger partial charge in [-0.2, -0.15) is 5.10 Å². The highest BCUT2D eigenvalue weighted by atomic mass is 35.5. The Bertz CT molecular complexity index is 625. The fraction of sp³-hybridized carbons (Fsp3) is 0.400. The summed E-state index contributed by atoms with van der Waals surface area (Å²) < 4.78 is 16.0. The number of nitrogens with zero attached hydrogens (tertiary/aromatic N) is 2. The zero-order valence-corrected chi connectivity index (χ0v) is 13.7. The second kappa shape index (κ2) is 6.77. The zero-order chi connectivity index (χ0) is 15.6. The number of benzene rings is 1. The van der Waals surface area contributed by atoms with Gasteiger partial charge >= 0.3 is 0 Å². The van der Waals surface area contributed by atoms with Crippen LogP contribution in [0.2, 0.25) is 10.0 Å². The van der Waals surface area contributed by atoms with Crippen LogP contribution in [0.4, 0.5) is 4.39 Å². The van der Waals surface area contributed by atoms with Gasteiger partial charge in [-0.05, 0) is 38.6 Å². The topological polar surface area (TPSA) is 29.9 Å². The van der Waals surface area contributed by atoms with Crippen LogP contribution < -0.4 is 5.32 Å². The molecule has 0 radical (unpaired) electrons. The number of nitrogens with one attached hydrogen (secondary N) is 1. The quantitative estimate of drug-likeness (QED) is 0.868. The van der Waals surface area contributed by atoms with Gasteiger partial charge in [-0.3, -0.25) is 4.68 Å². The SMILES string of the molecule is CCNC(c1cc(Cl)ccc1F)c1c(Cl)cnn1C(C)C. The molecule has 0 fully saturated rings. The highest BCUT2D eigenvalue weighted by Gasteiger charge is 2.25. The summed E-state index contributed by atoms with van der Waals surface area (Å²) in [5.41, 5.74) is 1.21. The van der Waals surface area contributed by atoms with E-state index in [0.29, 0.717) is 22.2 Å². The minimum Gasteiger partial charge on any atom is -0.305 e. The van der Waals surface area contributed by atoms with Crippen LogP contribution in [0.5, 0.6) is 0 Å². The van der Waals surface area contributed by atoms with Gasteiger partial charge in [-0.1, -0.05) is 30.1 Å². The molecule has 2 rings (SSSR count). The Balaban J connectivity index is 2.59. The molecular formula is C15H18Cl2FN3. The van der Waals surface area contributed by atoms with Crippen LogP contribution in [-0.4, -0.2) is 16.3 Å². The second-order valence-corrected chi connectivity index (χ2v) is 5.92. The third-order valence-corrected chi connectivity index (χ3v) is 3.75. The molecule has 0 saturated heterocycles. The first kappa shape index (κ1) is 16.3. The molecule has 0 aliphatic carbocycles. The average molecular weight is 330 g/mol. The van der Waals surface area contributed by atoms with Gasteiger partial charge in [0.05, 0.1) is 23.0 Å². The van der Waals surface area contributed by atoms with Crippen molar-refractivity contribution in [3.63, 3.8) is 0 Å². The number of hydrogen-bond donors (Lipinski definition) is 1. The van der Waals surface area contributed by atoms with Crippen molar-refractivity contribution in [2.45, 2.75) is 32.9 Å². The zero-order valence-electron chi connectivity index (χ0n) is 12.2. The predicted molar refractivity (Wildman–Crippen MR) is 84.6 cm³/mol. The van der Waals surface area contributed by atoms with Crippen LogP contribution in [0.3, 0.4) is 0 Å². The first-order valence-electron chi connectivity index (χ1n) is 6.87. The maximum Gasteiger partial charge on any atom is 0.128 e. The Morgan fingerprint density at radius 3 is 2.67 bits per heavy atom. The van der Waals surface area contributed by atoms with E-state index in [4.69, 9.17) is 23.2 Å². The van der Waals surface area contributed by atoms with E-state index in [9.17, 15) is 4.39 Å². The van der Waals surface area contributed by atoms with Crippen LogP contribution in [0, 0.1) is 5.82 Å². The summed E-state index contributed by atoms with van der Waals surface area (Å²) in [6, 6.07) is 4.25. The smallest absolute Gasteiger partial charge is 0.128 e. The van der Waals surface area contributed by atoms with Crippen molar-refractivity contribution in [2.75, 3.05) is 6.54 Å².